The van der Waals surface area contributed by atoms with Gasteiger partial charge in [0.05, 0.1) is 12.2 Å². The van der Waals surface area contributed by atoms with Crippen LogP contribution in [0.15, 0.2) is 30.5 Å². The Morgan fingerprint density at radius 3 is 2.39 bits per heavy atom. The van der Waals surface area contributed by atoms with Crippen molar-refractivity contribution in [1.29, 1.82) is 0 Å². The highest BCUT2D eigenvalue weighted by molar-refractivity contribution is 5.94. The molecule has 0 bridgehead atoms. The minimum absolute atomic E-state index is 0.0380. The van der Waals surface area contributed by atoms with Crippen molar-refractivity contribution in [3.63, 3.8) is 0 Å². The van der Waals surface area contributed by atoms with Gasteiger partial charge in [0.25, 0.3) is 11.8 Å². The zero-order valence-electron chi connectivity index (χ0n) is 15.7. The normalized spacial score (nSPS) is 22.2. The van der Waals surface area contributed by atoms with Gasteiger partial charge in [-0.3, -0.25) is 9.59 Å². The molecule has 28 heavy (non-hydrogen) atoms. The topological polar surface area (TPSA) is 80.1 Å². The van der Waals surface area contributed by atoms with Crippen molar-refractivity contribution in [3.8, 4) is 0 Å². The number of likely N-dealkylation sites (tertiary alicyclic amines) is 1. The number of halogens is 1. The number of amides is 2. The summed E-state index contributed by atoms with van der Waals surface area (Å²) in [5.41, 5.74) is 0.874. The van der Waals surface area contributed by atoms with Gasteiger partial charge in [-0.05, 0) is 62.8 Å². The van der Waals surface area contributed by atoms with Crippen LogP contribution in [0.5, 0.6) is 0 Å². The Balaban J connectivity index is 1.30. The Bertz CT molecular complexity index is 837. The van der Waals surface area contributed by atoms with E-state index in [2.05, 4.69) is 15.6 Å². The second-order valence-corrected chi connectivity index (χ2v) is 7.57. The average Bonchev–Trinajstić information content (AvgIpc) is 3.41. The standard InChI is InChI=1S/C20H24FN5O2/c21-15-5-3-14(4-6-15)19(27)22-16-7-9-17(10-8-16)26-13-18(23-24-26)20(28)25-11-1-2-12-25/h3-6,13,16-17H,1-2,7-12H2,(H,22,27)/t16-,17+. The van der Waals surface area contributed by atoms with Crippen LogP contribution in [0.3, 0.4) is 0 Å². The highest BCUT2D eigenvalue weighted by atomic mass is 19.1. The third kappa shape index (κ3) is 4.05. The molecule has 4 rings (SSSR count). The van der Waals surface area contributed by atoms with Crippen molar-refractivity contribution >= 4 is 11.8 Å². The smallest absolute Gasteiger partial charge is 0.276 e. The predicted molar refractivity (Wildman–Crippen MR) is 100 cm³/mol. The molecule has 148 valence electrons. The monoisotopic (exact) mass is 385 g/mol. The van der Waals surface area contributed by atoms with E-state index in [0.717, 1.165) is 51.6 Å². The van der Waals surface area contributed by atoms with Gasteiger partial charge in [0.2, 0.25) is 0 Å². The summed E-state index contributed by atoms with van der Waals surface area (Å²) in [6.45, 7) is 1.59. The Kier molecular flexibility index (Phi) is 5.36. The van der Waals surface area contributed by atoms with Crippen LogP contribution in [-0.4, -0.2) is 50.8 Å². The molecule has 0 unspecified atom stereocenters. The number of hydrogen-bond donors (Lipinski definition) is 1. The van der Waals surface area contributed by atoms with E-state index in [1.807, 2.05) is 4.90 Å². The summed E-state index contributed by atoms with van der Waals surface area (Å²) in [5, 5.41) is 11.3. The van der Waals surface area contributed by atoms with Gasteiger partial charge >= 0.3 is 0 Å². The molecule has 1 aliphatic carbocycles. The molecule has 1 saturated carbocycles. The first-order valence-corrected chi connectivity index (χ1v) is 9.88. The van der Waals surface area contributed by atoms with Gasteiger partial charge in [-0.25, -0.2) is 9.07 Å². The van der Waals surface area contributed by atoms with E-state index in [0.29, 0.717) is 11.3 Å². The maximum Gasteiger partial charge on any atom is 0.276 e. The molecule has 2 aliphatic rings. The number of nitrogens with one attached hydrogen (secondary N) is 1. The molecule has 7 nitrogen and oxygen atoms in total. The van der Waals surface area contributed by atoms with E-state index in [4.69, 9.17) is 0 Å². The molecule has 2 aromatic rings. The lowest BCUT2D eigenvalue weighted by Crippen LogP contribution is -2.38. The van der Waals surface area contributed by atoms with Crippen LogP contribution in [0.2, 0.25) is 0 Å². The molecule has 1 aromatic heterocycles. The van der Waals surface area contributed by atoms with E-state index in [9.17, 15) is 14.0 Å². The van der Waals surface area contributed by atoms with Crippen LogP contribution < -0.4 is 5.32 Å². The molecule has 1 aliphatic heterocycles. The lowest BCUT2D eigenvalue weighted by molar-refractivity contribution is 0.0786. The van der Waals surface area contributed by atoms with Crippen molar-refractivity contribution in [2.24, 2.45) is 0 Å². The van der Waals surface area contributed by atoms with Gasteiger partial charge in [0, 0.05) is 24.7 Å². The molecular weight excluding hydrogens is 361 g/mol. The van der Waals surface area contributed by atoms with Crippen molar-refractivity contribution in [3.05, 3.63) is 47.5 Å². The second kappa shape index (κ2) is 8.08. The van der Waals surface area contributed by atoms with E-state index in [-0.39, 0.29) is 29.7 Å². The fraction of sp³-hybridized carbons (Fsp3) is 0.500. The maximum absolute atomic E-state index is 13.0. The van der Waals surface area contributed by atoms with Crippen LogP contribution in [0.25, 0.3) is 0 Å². The summed E-state index contributed by atoms with van der Waals surface area (Å²) < 4.78 is 14.8. The molecule has 8 heteroatoms. The first-order chi connectivity index (χ1) is 13.6. The number of benzene rings is 1. The van der Waals surface area contributed by atoms with Gasteiger partial charge in [-0.1, -0.05) is 5.21 Å². The van der Waals surface area contributed by atoms with Crippen LogP contribution in [-0.2, 0) is 0 Å². The maximum atomic E-state index is 13.0. The third-order valence-corrected chi connectivity index (χ3v) is 5.64. The molecule has 1 aromatic carbocycles. The summed E-state index contributed by atoms with van der Waals surface area (Å²) in [6.07, 6.45) is 7.22. The first kappa shape index (κ1) is 18.6. The van der Waals surface area contributed by atoms with Gasteiger partial charge in [-0.15, -0.1) is 5.10 Å². The van der Waals surface area contributed by atoms with E-state index < -0.39 is 0 Å². The van der Waals surface area contributed by atoms with Crippen molar-refractivity contribution in [2.75, 3.05) is 13.1 Å². The SMILES string of the molecule is O=C(N[C@H]1CC[C@@H](n2cc(C(=O)N3CCCC3)nn2)CC1)c1ccc(F)cc1. The summed E-state index contributed by atoms with van der Waals surface area (Å²) in [5.74, 6) is -0.570. The van der Waals surface area contributed by atoms with Crippen molar-refractivity contribution in [2.45, 2.75) is 50.6 Å². The second-order valence-electron chi connectivity index (χ2n) is 7.57. The van der Waals surface area contributed by atoms with Crippen molar-refractivity contribution < 1.29 is 14.0 Å². The lowest BCUT2D eigenvalue weighted by atomic mass is 9.91. The quantitative estimate of drug-likeness (QED) is 0.877. The highest BCUT2D eigenvalue weighted by Crippen LogP contribution is 2.28. The van der Waals surface area contributed by atoms with Crippen LogP contribution in [0, 0.1) is 5.82 Å². The zero-order chi connectivity index (χ0) is 19.5. The summed E-state index contributed by atoms with van der Waals surface area (Å²) in [7, 11) is 0. The minimum atomic E-state index is -0.354. The van der Waals surface area contributed by atoms with Crippen LogP contribution >= 0.6 is 0 Å². The third-order valence-electron chi connectivity index (χ3n) is 5.64. The molecule has 0 radical (unpaired) electrons. The molecule has 0 atom stereocenters. The predicted octanol–water partition coefficient (Wildman–Crippen LogP) is 2.57. The Morgan fingerprint density at radius 2 is 1.71 bits per heavy atom. The summed E-state index contributed by atoms with van der Waals surface area (Å²) in [4.78, 5) is 26.5. The number of rotatable bonds is 4. The van der Waals surface area contributed by atoms with E-state index in [1.165, 1.54) is 24.3 Å². The van der Waals surface area contributed by atoms with Gasteiger partial charge in [0.15, 0.2) is 5.69 Å². The molecule has 1 N–H and O–H groups in total. The Labute approximate surface area is 162 Å². The fourth-order valence-corrected chi connectivity index (χ4v) is 3.99. The van der Waals surface area contributed by atoms with E-state index in [1.54, 1.807) is 10.9 Å². The highest BCUT2D eigenvalue weighted by Gasteiger charge is 2.27. The number of aromatic nitrogens is 3. The number of carbonyl (C=O) groups excluding carboxylic acids is 2. The van der Waals surface area contributed by atoms with Crippen LogP contribution in [0.4, 0.5) is 4.39 Å². The Morgan fingerprint density at radius 1 is 1.04 bits per heavy atom. The minimum Gasteiger partial charge on any atom is -0.349 e. The lowest BCUT2D eigenvalue weighted by Gasteiger charge is -2.29. The number of nitrogens with zero attached hydrogens (tertiary/aromatic N) is 4. The molecule has 0 spiro atoms. The van der Waals surface area contributed by atoms with Gasteiger partial charge in [-0.2, -0.15) is 0 Å². The van der Waals surface area contributed by atoms with Crippen molar-refractivity contribution in [1.82, 2.24) is 25.2 Å². The fourth-order valence-electron chi connectivity index (χ4n) is 3.99. The molecular formula is C20H24FN5O2. The molecule has 1 saturated heterocycles. The number of carbonyl (C=O) groups is 2. The molecule has 2 amide bonds. The van der Waals surface area contributed by atoms with Crippen LogP contribution in [0.1, 0.15) is 65.4 Å². The molecule has 2 heterocycles. The average molecular weight is 385 g/mol. The Hall–Kier alpha value is -2.77. The summed E-state index contributed by atoms with van der Waals surface area (Å²) in [6, 6.07) is 5.83. The summed E-state index contributed by atoms with van der Waals surface area (Å²) >= 11 is 0. The van der Waals surface area contributed by atoms with Gasteiger partial charge in [0.1, 0.15) is 5.82 Å². The number of hydrogen-bond acceptors (Lipinski definition) is 4. The largest absolute Gasteiger partial charge is 0.349 e. The van der Waals surface area contributed by atoms with E-state index >= 15 is 0 Å². The zero-order valence-corrected chi connectivity index (χ0v) is 15.7. The first-order valence-electron chi connectivity index (χ1n) is 9.88. The molecule has 2 fully saturated rings. The van der Waals surface area contributed by atoms with Gasteiger partial charge < -0.3 is 10.2 Å².